The van der Waals surface area contributed by atoms with Crippen LogP contribution in [0.15, 0.2) is 24.3 Å². The van der Waals surface area contributed by atoms with Crippen molar-refractivity contribution in [3.05, 3.63) is 29.8 Å². The molecule has 6 heteroatoms. The number of hydrogen-bond donors (Lipinski definition) is 0. The lowest BCUT2D eigenvalue weighted by Gasteiger charge is -2.52. The first kappa shape index (κ1) is 21.2. The molecule has 0 aromatic heterocycles. The molecule has 6 nitrogen and oxygen atoms in total. The number of carbonyl (C=O) groups is 2. The number of hydrogen-bond acceptors (Lipinski definition) is 4. The van der Waals surface area contributed by atoms with Gasteiger partial charge in [-0.05, 0) is 62.6 Å². The van der Waals surface area contributed by atoms with E-state index in [1.54, 1.807) is 7.11 Å². The second-order valence-electron chi connectivity index (χ2n) is 8.98. The second kappa shape index (κ2) is 9.38. The zero-order chi connectivity index (χ0) is 21.0. The molecule has 1 aromatic carbocycles. The molecular weight excluding hydrogens is 380 g/mol. The van der Waals surface area contributed by atoms with Gasteiger partial charge in [0.25, 0.3) is 0 Å². The fourth-order valence-corrected chi connectivity index (χ4v) is 5.51. The van der Waals surface area contributed by atoms with Gasteiger partial charge in [-0.1, -0.05) is 12.1 Å². The van der Waals surface area contributed by atoms with Crippen LogP contribution in [-0.2, 0) is 20.7 Å². The Morgan fingerprint density at radius 2 is 1.83 bits per heavy atom. The van der Waals surface area contributed by atoms with Gasteiger partial charge in [0.05, 0.1) is 13.5 Å². The Labute approximate surface area is 179 Å². The molecule has 4 rings (SSSR count). The molecule has 164 valence electrons. The van der Waals surface area contributed by atoms with Gasteiger partial charge in [-0.15, -0.1) is 0 Å². The van der Waals surface area contributed by atoms with Crippen LogP contribution < -0.4 is 4.74 Å². The summed E-state index contributed by atoms with van der Waals surface area (Å²) in [5, 5.41) is 0. The maximum absolute atomic E-state index is 13.8. The number of rotatable bonds is 4. The highest BCUT2D eigenvalue weighted by Gasteiger charge is 2.51. The summed E-state index contributed by atoms with van der Waals surface area (Å²) in [6.07, 6.45) is 7.29. The summed E-state index contributed by atoms with van der Waals surface area (Å²) in [4.78, 5) is 31.2. The van der Waals surface area contributed by atoms with E-state index < -0.39 is 0 Å². The largest absolute Gasteiger partial charge is 0.497 e. The molecule has 3 aliphatic rings. The van der Waals surface area contributed by atoms with Crippen LogP contribution in [0, 0.1) is 5.41 Å². The predicted octanol–water partition coefficient (Wildman–Crippen LogP) is 3.04. The molecule has 0 bridgehead atoms. The minimum absolute atomic E-state index is 0.0455. The first-order valence-electron chi connectivity index (χ1n) is 11.4. The van der Waals surface area contributed by atoms with Gasteiger partial charge in [0.15, 0.2) is 0 Å². The highest BCUT2D eigenvalue weighted by Crippen LogP contribution is 2.45. The van der Waals surface area contributed by atoms with Crippen molar-refractivity contribution in [1.29, 1.82) is 0 Å². The van der Waals surface area contributed by atoms with Crippen molar-refractivity contribution >= 4 is 11.8 Å². The zero-order valence-corrected chi connectivity index (χ0v) is 18.1. The van der Waals surface area contributed by atoms with E-state index in [-0.39, 0.29) is 23.3 Å². The van der Waals surface area contributed by atoms with Crippen LogP contribution >= 0.6 is 0 Å². The molecular formula is C24H34N2O4. The number of likely N-dealkylation sites (tertiary alicyclic amines) is 2. The van der Waals surface area contributed by atoms with Gasteiger partial charge in [-0.2, -0.15) is 0 Å². The highest BCUT2D eigenvalue weighted by molar-refractivity contribution is 5.89. The fourth-order valence-electron chi connectivity index (χ4n) is 5.51. The Balaban J connectivity index is 1.59. The lowest BCUT2D eigenvalue weighted by molar-refractivity contribution is -0.161. The van der Waals surface area contributed by atoms with Gasteiger partial charge in [0.2, 0.25) is 11.8 Å². The van der Waals surface area contributed by atoms with E-state index in [1.165, 1.54) is 6.42 Å². The monoisotopic (exact) mass is 414 g/mol. The van der Waals surface area contributed by atoms with Crippen molar-refractivity contribution in [3.63, 3.8) is 0 Å². The van der Waals surface area contributed by atoms with Crippen molar-refractivity contribution in [1.82, 2.24) is 9.80 Å². The van der Waals surface area contributed by atoms with Crippen LogP contribution in [0.1, 0.15) is 50.5 Å². The second-order valence-corrected chi connectivity index (χ2v) is 8.98. The number of methoxy groups -OCH3 is 1. The summed E-state index contributed by atoms with van der Waals surface area (Å²) in [5.41, 5.74) is 0.782. The van der Waals surface area contributed by atoms with Gasteiger partial charge in [0, 0.05) is 38.3 Å². The van der Waals surface area contributed by atoms with Crippen LogP contribution in [0.2, 0.25) is 0 Å². The minimum Gasteiger partial charge on any atom is -0.497 e. The van der Waals surface area contributed by atoms with E-state index in [1.807, 2.05) is 34.1 Å². The highest BCUT2D eigenvalue weighted by atomic mass is 16.5. The van der Waals surface area contributed by atoms with Crippen molar-refractivity contribution in [3.8, 4) is 5.75 Å². The molecule has 3 saturated heterocycles. The third-order valence-electron chi connectivity index (χ3n) is 7.17. The van der Waals surface area contributed by atoms with Gasteiger partial charge in [0.1, 0.15) is 11.8 Å². The van der Waals surface area contributed by atoms with Crippen molar-refractivity contribution in [2.24, 2.45) is 5.41 Å². The third kappa shape index (κ3) is 4.34. The Morgan fingerprint density at radius 1 is 1.07 bits per heavy atom. The average Bonchev–Trinajstić information content (AvgIpc) is 2.79. The van der Waals surface area contributed by atoms with E-state index in [0.29, 0.717) is 26.2 Å². The molecule has 0 saturated carbocycles. The molecule has 3 aliphatic heterocycles. The van der Waals surface area contributed by atoms with E-state index >= 15 is 0 Å². The zero-order valence-electron chi connectivity index (χ0n) is 18.1. The van der Waals surface area contributed by atoms with Gasteiger partial charge < -0.3 is 19.3 Å². The van der Waals surface area contributed by atoms with E-state index in [2.05, 4.69) is 0 Å². The van der Waals surface area contributed by atoms with Gasteiger partial charge in [-0.25, -0.2) is 0 Å². The first-order chi connectivity index (χ1) is 14.6. The number of amides is 2. The van der Waals surface area contributed by atoms with E-state index in [0.717, 1.165) is 62.9 Å². The maximum atomic E-state index is 13.8. The summed E-state index contributed by atoms with van der Waals surface area (Å²) in [7, 11) is 1.63. The van der Waals surface area contributed by atoms with Crippen LogP contribution in [0.4, 0.5) is 0 Å². The molecule has 1 aromatic rings. The smallest absolute Gasteiger partial charge is 0.245 e. The van der Waals surface area contributed by atoms with Crippen molar-refractivity contribution < 1.29 is 19.1 Å². The topological polar surface area (TPSA) is 59.1 Å². The number of piperidine rings is 2. The number of ether oxygens (including phenoxy) is 2. The summed E-state index contributed by atoms with van der Waals surface area (Å²) < 4.78 is 11.0. The molecule has 0 N–H and O–H groups in total. The summed E-state index contributed by atoms with van der Waals surface area (Å²) in [5.74, 6) is 0.959. The SMILES string of the molecule is COc1cccc(CC(=O)N2CCCC3(CCOCC3)C2C(=O)N2CCCCC2)c1. The fraction of sp³-hybridized carbons (Fsp3) is 0.667. The van der Waals surface area contributed by atoms with Crippen LogP contribution in [0.5, 0.6) is 5.75 Å². The maximum Gasteiger partial charge on any atom is 0.245 e. The lowest BCUT2D eigenvalue weighted by atomic mass is 9.67. The number of nitrogens with zero attached hydrogens (tertiary/aromatic N) is 2. The van der Waals surface area contributed by atoms with Crippen LogP contribution in [0.25, 0.3) is 0 Å². The molecule has 30 heavy (non-hydrogen) atoms. The summed E-state index contributed by atoms with van der Waals surface area (Å²) in [6, 6.07) is 7.30. The Morgan fingerprint density at radius 3 is 2.57 bits per heavy atom. The predicted molar refractivity (Wildman–Crippen MR) is 114 cm³/mol. The average molecular weight is 415 g/mol. The molecule has 3 heterocycles. The third-order valence-corrected chi connectivity index (χ3v) is 7.17. The van der Waals surface area contributed by atoms with Crippen molar-refractivity contribution in [2.75, 3.05) is 40.0 Å². The Hall–Kier alpha value is -2.08. The summed E-state index contributed by atoms with van der Waals surface area (Å²) in [6.45, 7) is 3.67. The molecule has 0 radical (unpaired) electrons. The standard InChI is InChI=1S/C24H34N2O4/c1-29-20-8-5-7-19(17-20)18-21(27)26-14-6-9-24(10-15-30-16-11-24)22(26)23(28)25-12-3-2-4-13-25/h5,7-8,17,22H,2-4,6,9-16,18H2,1H3. The van der Waals surface area contributed by atoms with Crippen LogP contribution in [0.3, 0.4) is 0 Å². The van der Waals surface area contributed by atoms with E-state index in [4.69, 9.17) is 9.47 Å². The molecule has 1 spiro atoms. The molecule has 1 unspecified atom stereocenters. The molecule has 0 aliphatic carbocycles. The summed E-state index contributed by atoms with van der Waals surface area (Å²) >= 11 is 0. The Kier molecular flexibility index (Phi) is 6.61. The Bertz CT molecular complexity index is 748. The van der Waals surface area contributed by atoms with Crippen molar-refractivity contribution in [2.45, 2.75) is 57.4 Å². The minimum atomic E-state index is -0.355. The van der Waals surface area contributed by atoms with Gasteiger partial charge >= 0.3 is 0 Å². The quantitative estimate of drug-likeness (QED) is 0.760. The normalized spacial score (nSPS) is 24.0. The number of benzene rings is 1. The van der Waals surface area contributed by atoms with Crippen LogP contribution in [-0.4, -0.2) is 67.6 Å². The van der Waals surface area contributed by atoms with Gasteiger partial charge in [-0.3, -0.25) is 9.59 Å². The molecule has 1 atom stereocenters. The lowest BCUT2D eigenvalue weighted by Crippen LogP contribution is -2.63. The van der Waals surface area contributed by atoms with E-state index in [9.17, 15) is 9.59 Å². The first-order valence-corrected chi connectivity index (χ1v) is 11.4. The molecule has 2 amide bonds. The number of carbonyl (C=O) groups excluding carboxylic acids is 2. The molecule has 3 fully saturated rings.